The Morgan fingerprint density at radius 2 is 1.85 bits per heavy atom. The van der Waals surface area contributed by atoms with Gasteiger partial charge in [-0.25, -0.2) is 0 Å². The first-order valence-electron chi connectivity index (χ1n) is 6.42. The van der Waals surface area contributed by atoms with E-state index in [1.165, 1.54) is 5.56 Å². The molecule has 0 bridgehead atoms. The Morgan fingerprint density at radius 3 is 2.50 bits per heavy atom. The quantitative estimate of drug-likeness (QED) is 0.852. The Morgan fingerprint density at radius 1 is 1.15 bits per heavy atom. The van der Waals surface area contributed by atoms with Gasteiger partial charge in [0.2, 0.25) is 0 Å². The zero-order chi connectivity index (χ0) is 14.5. The van der Waals surface area contributed by atoms with Crippen molar-refractivity contribution in [2.24, 2.45) is 0 Å². The average molecular weight is 310 g/mol. The minimum Gasteiger partial charge on any atom is -0.495 e. The van der Waals surface area contributed by atoms with E-state index in [1.54, 1.807) is 13.2 Å². The van der Waals surface area contributed by atoms with Crippen molar-refractivity contribution in [3.05, 3.63) is 63.6 Å². The third-order valence-corrected chi connectivity index (χ3v) is 3.69. The van der Waals surface area contributed by atoms with Crippen LogP contribution in [0, 0.1) is 0 Å². The molecule has 0 saturated carbocycles. The number of ether oxygens (including phenoxy) is 1. The van der Waals surface area contributed by atoms with Gasteiger partial charge in [0.05, 0.1) is 12.1 Å². The molecule has 106 valence electrons. The second-order valence-electron chi connectivity index (χ2n) is 4.59. The first-order valence-corrected chi connectivity index (χ1v) is 7.17. The molecule has 0 radical (unpaired) electrons. The molecular weight excluding hydrogens is 293 g/mol. The molecule has 0 aromatic heterocycles. The summed E-state index contributed by atoms with van der Waals surface area (Å²) >= 11 is 12.2. The van der Waals surface area contributed by atoms with Crippen molar-refractivity contribution in [3.63, 3.8) is 0 Å². The molecule has 4 heteroatoms. The molecule has 0 fully saturated rings. The third kappa shape index (κ3) is 3.66. The second-order valence-corrected chi connectivity index (χ2v) is 5.44. The van der Waals surface area contributed by atoms with Crippen molar-refractivity contribution in [1.29, 1.82) is 0 Å². The molecule has 2 nitrogen and oxygen atoms in total. The fourth-order valence-electron chi connectivity index (χ4n) is 2.10. The minimum absolute atomic E-state index is 0.235. The van der Waals surface area contributed by atoms with E-state index in [9.17, 15) is 0 Å². The standard InChI is InChI=1S/C16H17Cl2NO/c1-11(12-6-4-3-5-7-12)19-10-13-8-14(17)9-15(18)16(13)20-2/h3-9,11,19H,10H2,1-2H3/t11-/m1/s1. The van der Waals surface area contributed by atoms with Crippen molar-refractivity contribution in [2.75, 3.05) is 7.11 Å². The Kier molecular flexibility index (Phi) is 5.30. The van der Waals surface area contributed by atoms with E-state index < -0.39 is 0 Å². The SMILES string of the molecule is COc1c(Cl)cc(Cl)cc1CN[C@H](C)c1ccccc1. The van der Waals surface area contributed by atoms with E-state index in [0.717, 1.165) is 5.56 Å². The van der Waals surface area contributed by atoms with Gasteiger partial charge < -0.3 is 10.1 Å². The number of rotatable bonds is 5. The Bertz CT molecular complexity index is 572. The van der Waals surface area contributed by atoms with Crippen LogP contribution in [-0.2, 0) is 6.54 Å². The van der Waals surface area contributed by atoms with Crippen molar-refractivity contribution in [1.82, 2.24) is 5.32 Å². The summed E-state index contributed by atoms with van der Waals surface area (Å²) in [6, 6.07) is 14.1. The molecule has 2 aromatic carbocycles. The highest BCUT2D eigenvalue weighted by atomic mass is 35.5. The first-order chi connectivity index (χ1) is 9.61. The summed E-state index contributed by atoms with van der Waals surface area (Å²) in [5, 5.41) is 4.59. The molecular formula is C16H17Cl2NO. The highest BCUT2D eigenvalue weighted by Crippen LogP contribution is 2.32. The maximum Gasteiger partial charge on any atom is 0.142 e. The van der Waals surface area contributed by atoms with Crippen molar-refractivity contribution < 1.29 is 4.74 Å². The monoisotopic (exact) mass is 309 g/mol. The molecule has 1 N–H and O–H groups in total. The summed E-state index contributed by atoms with van der Waals surface area (Å²) in [4.78, 5) is 0. The van der Waals surface area contributed by atoms with Gasteiger partial charge in [-0.15, -0.1) is 0 Å². The molecule has 0 amide bonds. The van der Waals surface area contributed by atoms with E-state index in [0.29, 0.717) is 22.3 Å². The number of halogens is 2. The third-order valence-electron chi connectivity index (χ3n) is 3.19. The van der Waals surface area contributed by atoms with Crippen LogP contribution in [0.25, 0.3) is 0 Å². The van der Waals surface area contributed by atoms with Crippen LogP contribution in [0.15, 0.2) is 42.5 Å². The van der Waals surface area contributed by atoms with E-state index in [-0.39, 0.29) is 6.04 Å². The van der Waals surface area contributed by atoms with Crippen LogP contribution in [0.4, 0.5) is 0 Å². The van der Waals surface area contributed by atoms with Crippen LogP contribution in [-0.4, -0.2) is 7.11 Å². The zero-order valence-electron chi connectivity index (χ0n) is 11.5. The molecule has 0 aliphatic carbocycles. The zero-order valence-corrected chi connectivity index (χ0v) is 13.0. The normalized spacial score (nSPS) is 12.2. The predicted octanol–water partition coefficient (Wildman–Crippen LogP) is 4.85. The smallest absolute Gasteiger partial charge is 0.142 e. The molecule has 2 aromatic rings. The van der Waals surface area contributed by atoms with Crippen molar-refractivity contribution in [3.8, 4) is 5.75 Å². The molecule has 1 atom stereocenters. The Balaban J connectivity index is 2.11. The maximum absolute atomic E-state index is 6.13. The molecule has 0 aliphatic heterocycles. The van der Waals surface area contributed by atoms with Gasteiger partial charge >= 0.3 is 0 Å². The lowest BCUT2D eigenvalue weighted by Crippen LogP contribution is -2.18. The highest BCUT2D eigenvalue weighted by Gasteiger charge is 2.11. The average Bonchev–Trinajstić information content (AvgIpc) is 2.45. The van der Waals surface area contributed by atoms with E-state index >= 15 is 0 Å². The minimum atomic E-state index is 0.235. The van der Waals surface area contributed by atoms with E-state index in [4.69, 9.17) is 27.9 Å². The number of methoxy groups -OCH3 is 1. The van der Waals surface area contributed by atoms with Gasteiger partial charge in [-0.3, -0.25) is 0 Å². The molecule has 2 rings (SSSR count). The van der Waals surface area contributed by atoms with Gasteiger partial charge in [0.1, 0.15) is 5.75 Å². The van der Waals surface area contributed by atoms with Gasteiger partial charge in [0.15, 0.2) is 0 Å². The molecule has 0 aliphatic rings. The highest BCUT2D eigenvalue weighted by molar-refractivity contribution is 6.35. The van der Waals surface area contributed by atoms with Gasteiger partial charge in [-0.1, -0.05) is 53.5 Å². The van der Waals surface area contributed by atoms with Gasteiger partial charge in [-0.05, 0) is 24.6 Å². The summed E-state index contributed by atoms with van der Waals surface area (Å²) in [5.74, 6) is 0.670. The lowest BCUT2D eigenvalue weighted by molar-refractivity contribution is 0.406. The molecule has 20 heavy (non-hydrogen) atoms. The maximum atomic E-state index is 6.13. The van der Waals surface area contributed by atoms with Crippen LogP contribution in [0.3, 0.4) is 0 Å². The second kappa shape index (κ2) is 6.98. The summed E-state index contributed by atoms with van der Waals surface area (Å²) in [5.41, 5.74) is 2.19. The lowest BCUT2D eigenvalue weighted by Gasteiger charge is -2.16. The number of nitrogens with one attached hydrogen (secondary N) is 1. The Hall–Kier alpha value is -1.22. The van der Waals surface area contributed by atoms with E-state index in [1.807, 2.05) is 24.3 Å². The number of hydrogen-bond acceptors (Lipinski definition) is 2. The number of hydrogen-bond donors (Lipinski definition) is 1. The molecule has 0 unspecified atom stereocenters. The molecule has 0 heterocycles. The van der Waals surface area contributed by atoms with Gasteiger partial charge in [0.25, 0.3) is 0 Å². The van der Waals surface area contributed by atoms with Gasteiger partial charge in [0, 0.05) is 23.2 Å². The predicted molar refractivity (Wildman–Crippen MR) is 84.7 cm³/mol. The summed E-state index contributed by atoms with van der Waals surface area (Å²) in [6.45, 7) is 2.76. The summed E-state index contributed by atoms with van der Waals surface area (Å²) in [7, 11) is 1.61. The molecule has 0 saturated heterocycles. The van der Waals surface area contributed by atoms with Crippen LogP contribution in [0.2, 0.25) is 10.0 Å². The molecule has 0 spiro atoms. The van der Waals surface area contributed by atoms with E-state index in [2.05, 4.69) is 24.4 Å². The fourth-order valence-corrected chi connectivity index (χ4v) is 2.71. The Labute approximate surface area is 129 Å². The van der Waals surface area contributed by atoms with Crippen LogP contribution in [0.1, 0.15) is 24.1 Å². The van der Waals surface area contributed by atoms with Crippen LogP contribution >= 0.6 is 23.2 Å². The van der Waals surface area contributed by atoms with Gasteiger partial charge in [-0.2, -0.15) is 0 Å². The van der Waals surface area contributed by atoms with Crippen molar-refractivity contribution >= 4 is 23.2 Å². The largest absolute Gasteiger partial charge is 0.495 e. The van der Waals surface area contributed by atoms with Crippen molar-refractivity contribution in [2.45, 2.75) is 19.5 Å². The first kappa shape index (κ1) is 15.2. The van der Waals surface area contributed by atoms with Crippen LogP contribution in [0.5, 0.6) is 5.75 Å². The van der Waals surface area contributed by atoms with Crippen LogP contribution < -0.4 is 10.1 Å². The topological polar surface area (TPSA) is 21.3 Å². The number of benzene rings is 2. The lowest BCUT2D eigenvalue weighted by atomic mass is 10.1. The fraction of sp³-hybridized carbons (Fsp3) is 0.250. The summed E-state index contributed by atoms with van der Waals surface area (Å²) in [6.07, 6.45) is 0. The summed E-state index contributed by atoms with van der Waals surface area (Å²) < 4.78 is 5.34.